The maximum absolute atomic E-state index is 11.7. The molecule has 0 fully saturated rings. The van der Waals surface area contributed by atoms with Gasteiger partial charge in [0.1, 0.15) is 0 Å². The van der Waals surface area contributed by atoms with Crippen molar-refractivity contribution in [1.82, 2.24) is 10.2 Å². The second-order valence-corrected chi connectivity index (χ2v) is 5.37. The number of aliphatic hydroxyl groups is 1. The highest BCUT2D eigenvalue weighted by atomic mass is 32.2. The van der Waals surface area contributed by atoms with Gasteiger partial charge in [0.25, 0.3) is 0 Å². The van der Waals surface area contributed by atoms with Crippen LogP contribution in [0.15, 0.2) is 29.2 Å². The standard InChI is InChI=1S/C14H22N2O2S/c1-3-16(9-10-17)14(18)15-8-11-19-13-6-4-12(2)5-7-13/h4-7,17H,3,8-11H2,1-2H3,(H,15,18). The number of likely N-dealkylation sites (N-methyl/N-ethyl adjacent to an activating group) is 1. The second kappa shape index (κ2) is 8.82. The van der Waals surface area contributed by atoms with Crippen LogP contribution in [-0.4, -0.2) is 48.0 Å². The first kappa shape index (κ1) is 15.9. The minimum atomic E-state index is -0.110. The first-order chi connectivity index (χ1) is 9.17. The smallest absolute Gasteiger partial charge is 0.317 e. The summed E-state index contributed by atoms with van der Waals surface area (Å²) in [6.45, 7) is 5.58. The lowest BCUT2D eigenvalue weighted by Gasteiger charge is -2.20. The molecule has 1 rings (SSSR count). The number of hydrogen-bond acceptors (Lipinski definition) is 3. The van der Waals surface area contributed by atoms with Crippen LogP contribution < -0.4 is 5.32 Å². The number of hydrogen-bond donors (Lipinski definition) is 2. The van der Waals surface area contributed by atoms with Gasteiger partial charge in [-0.3, -0.25) is 0 Å². The highest BCUT2D eigenvalue weighted by molar-refractivity contribution is 7.99. The minimum absolute atomic E-state index is 0.000619. The van der Waals surface area contributed by atoms with Crippen molar-refractivity contribution in [2.75, 3.05) is 32.0 Å². The summed E-state index contributed by atoms with van der Waals surface area (Å²) < 4.78 is 0. The molecule has 5 heteroatoms. The van der Waals surface area contributed by atoms with Crippen LogP contribution in [0.5, 0.6) is 0 Å². The van der Waals surface area contributed by atoms with Crippen molar-refractivity contribution in [1.29, 1.82) is 0 Å². The molecule has 2 amide bonds. The Kier molecular flexibility index (Phi) is 7.36. The van der Waals surface area contributed by atoms with E-state index in [2.05, 4.69) is 36.5 Å². The average Bonchev–Trinajstić information content (AvgIpc) is 2.42. The number of aryl methyl sites for hydroxylation is 1. The first-order valence-corrected chi connectivity index (χ1v) is 7.49. The average molecular weight is 282 g/mol. The van der Waals surface area contributed by atoms with Crippen molar-refractivity contribution in [2.24, 2.45) is 0 Å². The number of amides is 2. The SMILES string of the molecule is CCN(CCO)C(=O)NCCSc1ccc(C)cc1. The summed E-state index contributed by atoms with van der Waals surface area (Å²) in [5, 5.41) is 11.7. The van der Waals surface area contributed by atoms with E-state index >= 15 is 0 Å². The molecule has 0 aliphatic rings. The maximum Gasteiger partial charge on any atom is 0.317 e. The molecule has 1 aromatic rings. The third-order valence-corrected chi connectivity index (χ3v) is 3.72. The zero-order chi connectivity index (χ0) is 14.1. The predicted octanol–water partition coefficient (Wildman–Crippen LogP) is 2.11. The van der Waals surface area contributed by atoms with E-state index in [1.807, 2.05) is 6.92 Å². The molecule has 0 aliphatic carbocycles. The second-order valence-electron chi connectivity index (χ2n) is 4.20. The molecular formula is C14H22N2O2S. The van der Waals surface area contributed by atoms with Crippen LogP contribution >= 0.6 is 11.8 Å². The van der Waals surface area contributed by atoms with E-state index in [1.54, 1.807) is 16.7 Å². The Morgan fingerprint density at radius 1 is 1.37 bits per heavy atom. The van der Waals surface area contributed by atoms with Crippen LogP contribution in [-0.2, 0) is 0 Å². The molecule has 0 bridgehead atoms. The van der Waals surface area contributed by atoms with Gasteiger partial charge in [-0.2, -0.15) is 0 Å². The van der Waals surface area contributed by atoms with Gasteiger partial charge in [-0.1, -0.05) is 17.7 Å². The summed E-state index contributed by atoms with van der Waals surface area (Å²) in [5.41, 5.74) is 1.25. The molecule has 19 heavy (non-hydrogen) atoms. The lowest BCUT2D eigenvalue weighted by Crippen LogP contribution is -2.42. The van der Waals surface area contributed by atoms with Crippen molar-refractivity contribution < 1.29 is 9.90 Å². The van der Waals surface area contributed by atoms with E-state index in [4.69, 9.17) is 5.11 Å². The maximum atomic E-state index is 11.7. The monoisotopic (exact) mass is 282 g/mol. The third kappa shape index (κ3) is 5.98. The van der Waals surface area contributed by atoms with Gasteiger partial charge < -0.3 is 15.3 Å². The van der Waals surface area contributed by atoms with Crippen molar-refractivity contribution in [2.45, 2.75) is 18.7 Å². The van der Waals surface area contributed by atoms with E-state index in [0.29, 0.717) is 19.6 Å². The number of rotatable bonds is 7. The summed E-state index contributed by atoms with van der Waals surface area (Å²) in [7, 11) is 0. The number of aliphatic hydroxyl groups excluding tert-OH is 1. The quantitative estimate of drug-likeness (QED) is 0.595. The largest absolute Gasteiger partial charge is 0.395 e. The molecule has 0 saturated heterocycles. The lowest BCUT2D eigenvalue weighted by molar-refractivity contribution is 0.181. The summed E-state index contributed by atoms with van der Waals surface area (Å²) in [4.78, 5) is 14.5. The Hall–Kier alpha value is -1.20. The number of thioether (sulfide) groups is 1. The highest BCUT2D eigenvalue weighted by Crippen LogP contribution is 2.17. The van der Waals surface area contributed by atoms with Crippen LogP contribution in [0.3, 0.4) is 0 Å². The molecule has 0 atom stereocenters. The third-order valence-electron chi connectivity index (χ3n) is 2.71. The van der Waals surface area contributed by atoms with Gasteiger partial charge in [0.05, 0.1) is 6.61 Å². The molecule has 0 saturated carbocycles. The molecule has 2 N–H and O–H groups in total. The molecule has 1 aromatic carbocycles. The minimum Gasteiger partial charge on any atom is -0.395 e. The normalized spacial score (nSPS) is 10.3. The molecule has 0 spiro atoms. The number of nitrogens with one attached hydrogen (secondary N) is 1. The Labute approximate surface area is 119 Å². The molecule has 0 aromatic heterocycles. The van der Waals surface area contributed by atoms with E-state index in [9.17, 15) is 4.79 Å². The summed E-state index contributed by atoms with van der Waals surface area (Å²) in [5.74, 6) is 0.839. The topological polar surface area (TPSA) is 52.6 Å². The fourth-order valence-corrected chi connectivity index (χ4v) is 2.37. The Morgan fingerprint density at radius 3 is 2.63 bits per heavy atom. The van der Waals surface area contributed by atoms with Crippen LogP contribution in [0.25, 0.3) is 0 Å². The summed E-state index contributed by atoms with van der Waals surface area (Å²) >= 11 is 1.72. The predicted molar refractivity (Wildman–Crippen MR) is 79.6 cm³/mol. The van der Waals surface area contributed by atoms with Gasteiger partial charge in [0.2, 0.25) is 0 Å². The fraction of sp³-hybridized carbons (Fsp3) is 0.500. The Bertz CT molecular complexity index is 382. The van der Waals surface area contributed by atoms with Gasteiger partial charge in [0, 0.05) is 30.3 Å². The van der Waals surface area contributed by atoms with Gasteiger partial charge in [-0.05, 0) is 26.0 Å². The van der Waals surface area contributed by atoms with E-state index in [0.717, 1.165) is 5.75 Å². The molecule has 0 aliphatic heterocycles. The first-order valence-electron chi connectivity index (χ1n) is 6.50. The van der Waals surface area contributed by atoms with Gasteiger partial charge in [-0.25, -0.2) is 4.79 Å². The van der Waals surface area contributed by atoms with E-state index < -0.39 is 0 Å². The van der Waals surface area contributed by atoms with Gasteiger partial charge in [-0.15, -0.1) is 11.8 Å². The van der Waals surface area contributed by atoms with Crippen molar-refractivity contribution in [3.05, 3.63) is 29.8 Å². The van der Waals surface area contributed by atoms with Crippen molar-refractivity contribution >= 4 is 17.8 Å². The molecule has 0 radical (unpaired) electrons. The van der Waals surface area contributed by atoms with Gasteiger partial charge in [0.15, 0.2) is 0 Å². The molecule has 0 heterocycles. The Morgan fingerprint density at radius 2 is 2.05 bits per heavy atom. The highest BCUT2D eigenvalue weighted by Gasteiger charge is 2.09. The number of benzene rings is 1. The van der Waals surface area contributed by atoms with E-state index in [-0.39, 0.29) is 12.6 Å². The number of urea groups is 1. The number of carbonyl (C=O) groups is 1. The molecule has 0 unspecified atom stereocenters. The summed E-state index contributed by atoms with van der Waals surface area (Å²) in [6.07, 6.45) is 0. The summed E-state index contributed by atoms with van der Waals surface area (Å²) in [6, 6.07) is 8.24. The van der Waals surface area contributed by atoms with E-state index in [1.165, 1.54) is 10.5 Å². The van der Waals surface area contributed by atoms with Gasteiger partial charge >= 0.3 is 6.03 Å². The number of carbonyl (C=O) groups excluding carboxylic acids is 1. The zero-order valence-electron chi connectivity index (χ0n) is 11.6. The van der Waals surface area contributed by atoms with Crippen molar-refractivity contribution in [3.8, 4) is 0 Å². The van der Waals surface area contributed by atoms with Crippen LogP contribution in [0.4, 0.5) is 4.79 Å². The fourth-order valence-electron chi connectivity index (χ4n) is 1.60. The van der Waals surface area contributed by atoms with Crippen LogP contribution in [0.1, 0.15) is 12.5 Å². The molecule has 106 valence electrons. The lowest BCUT2D eigenvalue weighted by atomic mass is 10.2. The number of nitrogens with zero attached hydrogens (tertiary/aromatic N) is 1. The molecule has 4 nitrogen and oxygen atoms in total. The van der Waals surface area contributed by atoms with Crippen LogP contribution in [0, 0.1) is 6.92 Å². The Balaban J connectivity index is 2.23. The zero-order valence-corrected chi connectivity index (χ0v) is 12.4. The van der Waals surface area contributed by atoms with Crippen LogP contribution in [0.2, 0.25) is 0 Å². The molecular weight excluding hydrogens is 260 g/mol. The van der Waals surface area contributed by atoms with Crippen molar-refractivity contribution in [3.63, 3.8) is 0 Å².